The average molecular weight is 250 g/mol. The predicted molar refractivity (Wildman–Crippen MR) is 62.4 cm³/mol. The molecule has 0 unspecified atom stereocenters. The van der Waals surface area contributed by atoms with Crippen molar-refractivity contribution in [3.63, 3.8) is 0 Å². The van der Waals surface area contributed by atoms with Crippen molar-refractivity contribution in [2.75, 3.05) is 0 Å². The molecule has 2 heterocycles. The molecule has 0 aromatic carbocycles. The fourth-order valence-corrected chi connectivity index (χ4v) is 2.35. The van der Waals surface area contributed by atoms with Gasteiger partial charge in [0, 0.05) is 4.88 Å². The van der Waals surface area contributed by atoms with Crippen LogP contribution in [0.5, 0.6) is 0 Å². The molecule has 1 N–H and O–H groups in total. The molecule has 0 aliphatic heterocycles. The Morgan fingerprint density at radius 1 is 1.29 bits per heavy atom. The van der Waals surface area contributed by atoms with Gasteiger partial charge in [0.15, 0.2) is 5.76 Å². The van der Waals surface area contributed by atoms with Gasteiger partial charge in [-0.2, -0.15) is 0 Å². The summed E-state index contributed by atoms with van der Waals surface area (Å²) in [7, 11) is 0. The van der Waals surface area contributed by atoms with Crippen molar-refractivity contribution in [3.8, 4) is 0 Å². The summed E-state index contributed by atoms with van der Waals surface area (Å²) in [4.78, 5) is 23.7. The first-order chi connectivity index (χ1) is 8.16. The van der Waals surface area contributed by atoms with Crippen LogP contribution in [0.1, 0.15) is 26.7 Å². The minimum absolute atomic E-state index is 0.0783. The quantitative estimate of drug-likeness (QED) is 0.828. The fourth-order valence-electron chi connectivity index (χ4n) is 1.39. The Labute approximate surface area is 102 Å². The van der Waals surface area contributed by atoms with Gasteiger partial charge in [0.25, 0.3) is 0 Å². The zero-order valence-electron chi connectivity index (χ0n) is 8.88. The maximum atomic E-state index is 11.9. The second-order valence-corrected chi connectivity index (χ2v) is 4.63. The molecular weight excluding hydrogens is 240 g/mol. The van der Waals surface area contributed by atoms with Gasteiger partial charge in [0.2, 0.25) is 5.78 Å². The lowest BCUT2D eigenvalue weighted by molar-refractivity contribution is -0.136. The molecular formula is C12H10O4S. The average Bonchev–Trinajstić information content (AvgIpc) is 2.97. The molecule has 88 valence electrons. The van der Waals surface area contributed by atoms with E-state index in [1.54, 1.807) is 24.3 Å². The minimum Gasteiger partial charge on any atom is -0.481 e. The van der Waals surface area contributed by atoms with E-state index in [0.717, 1.165) is 4.88 Å². The summed E-state index contributed by atoms with van der Waals surface area (Å²) in [6.07, 6.45) is 1.98. The van der Waals surface area contributed by atoms with Crippen molar-refractivity contribution >= 4 is 23.1 Å². The summed E-state index contributed by atoms with van der Waals surface area (Å²) >= 11 is 1.31. The SMILES string of the molecule is O=C(O)CCc1ccc(C(=O)c2ccco2)s1. The highest BCUT2D eigenvalue weighted by atomic mass is 32.1. The van der Waals surface area contributed by atoms with Gasteiger partial charge < -0.3 is 9.52 Å². The molecule has 0 bridgehead atoms. The van der Waals surface area contributed by atoms with Crippen molar-refractivity contribution in [3.05, 3.63) is 46.0 Å². The van der Waals surface area contributed by atoms with E-state index in [1.807, 2.05) is 0 Å². The molecule has 0 fully saturated rings. The Morgan fingerprint density at radius 3 is 2.76 bits per heavy atom. The van der Waals surface area contributed by atoms with Crippen LogP contribution in [0.25, 0.3) is 0 Å². The Hall–Kier alpha value is -1.88. The molecule has 5 heteroatoms. The van der Waals surface area contributed by atoms with Crippen LogP contribution in [-0.2, 0) is 11.2 Å². The Morgan fingerprint density at radius 2 is 2.12 bits per heavy atom. The Balaban J connectivity index is 2.08. The van der Waals surface area contributed by atoms with Gasteiger partial charge in [-0.3, -0.25) is 9.59 Å². The number of carbonyl (C=O) groups is 2. The predicted octanol–water partition coefficient (Wildman–Crippen LogP) is 2.59. The number of carboxylic acids is 1. The maximum absolute atomic E-state index is 11.9. The summed E-state index contributed by atoms with van der Waals surface area (Å²) in [5, 5.41) is 8.56. The van der Waals surface area contributed by atoms with Crippen LogP contribution in [0, 0.1) is 0 Å². The molecule has 4 nitrogen and oxygen atoms in total. The lowest BCUT2D eigenvalue weighted by Gasteiger charge is -1.92. The molecule has 2 aromatic rings. The number of ketones is 1. The van der Waals surface area contributed by atoms with Crippen LogP contribution in [0.3, 0.4) is 0 Å². The lowest BCUT2D eigenvalue weighted by Crippen LogP contribution is -1.96. The standard InChI is InChI=1S/C12H10O4S/c13-11(14)6-4-8-3-5-10(17-8)12(15)9-2-1-7-16-9/h1-3,5,7H,4,6H2,(H,13,14). The van der Waals surface area contributed by atoms with Crippen LogP contribution < -0.4 is 0 Å². The lowest BCUT2D eigenvalue weighted by atomic mass is 10.2. The van der Waals surface area contributed by atoms with Crippen LogP contribution in [-0.4, -0.2) is 16.9 Å². The van der Waals surface area contributed by atoms with E-state index in [2.05, 4.69) is 0 Å². The summed E-state index contributed by atoms with van der Waals surface area (Å²) in [6, 6.07) is 6.75. The van der Waals surface area contributed by atoms with E-state index in [-0.39, 0.29) is 12.2 Å². The molecule has 0 saturated heterocycles. The molecule has 0 aliphatic carbocycles. The van der Waals surface area contributed by atoms with Crippen LogP contribution in [0.2, 0.25) is 0 Å². The van der Waals surface area contributed by atoms with Gasteiger partial charge >= 0.3 is 5.97 Å². The van der Waals surface area contributed by atoms with Gasteiger partial charge in [-0.1, -0.05) is 0 Å². The highest BCUT2D eigenvalue weighted by molar-refractivity contribution is 7.14. The molecule has 0 atom stereocenters. The highest BCUT2D eigenvalue weighted by Gasteiger charge is 2.14. The van der Waals surface area contributed by atoms with E-state index >= 15 is 0 Å². The zero-order valence-corrected chi connectivity index (χ0v) is 9.70. The summed E-state index contributed by atoms with van der Waals surface area (Å²) in [5.41, 5.74) is 0. The number of aryl methyl sites for hydroxylation is 1. The van der Waals surface area contributed by atoms with Crippen LogP contribution >= 0.6 is 11.3 Å². The summed E-state index contributed by atoms with van der Waals surface area (Å²) < 4.78 is 5.02. The molecule has 0 amide bonds. The fraction of sp³-hybridized carbons (Fsp3) is 0.167. The summed E-state index contributed by atoms with van der Waals surface area (Å²) in [5.74, 6) is -0.699. The van der Waals surface area contributed by atoms with Crippen molar-refractivity contribution in [1.29, 1.82) is 0 Å². The second-order valence-electron chi connectivity index (χ2n) is 3.47. The first-order valence-electron chi connectivity index (χ1n) is 5.05. The molecule has 0 aliphatic rings. The largest absolute Gasteiger partial charge is 0.481 e. The van der Waals surface area contributed by atoms with Gasteiger partial charge in [0.05, 0.1) is 17.6 Å². The number of thiophene rings is 1. The maximum Gasteiger partial charge on any atom is 0.303 e. The molecule has 0 saturated carbocycles. The zero-order chi connectivity index (χ0) is 12.3. The first-order valence-corrected chi connectivity index (χ1v) is 5.87. The molecule has 2 aromatic heterocycles. The minimum atomic E-state index is -0.836. The number of furan rings is 1. The van der Waals surface area contributed by atoms with Gasteiger partial charge in [-0.25, -0.2) is 0 Å². The highest BCUT2D eigenvalue weighted by Crippen LogP contribution is 2.21. The van der Waals surface area contributed by atoms with Crippen LogP contribution in [0.4, 0.5) is 0 Å². The number of rotatable bonds is 5. The molecule has 0 spiro atoms. The molecule has 0 radical (unpaired) electrons. The van der Waals surface area contributed by atoms with Gasteiger partial charge in [-0.05, 0) is 30.7 Å². The number of aliphatic carboxylic acids is 1. The van der Waals surface area contributed by atoms with Crippen molar-refractivity contribution in [1.82, 2.24) is 0 Å². The summed E-state index contributed by atoms with van der Waals surface area (Å²) in [6.45, 7) is 0. The monoisotopic (exact) mass is 250 g/mol. The van der Waals surface area contributed by atoms with Crippen molar-refractivity contribution in [2.24, 2.45) is 0 Å². The first kappa shape index (κ1) is 11.6. The number of carboxylic acid groups (broad SMARTS) is 1. The van der Waals surface area contributed by atoms with Gasteiger partial charge in [-0.15, -0.1) is 11.3 Å². The van der Waals surface area contributed by atoms with Gasteiger partial charge in [0.1, 0.15) is 0 Å². The topological polar surface area (TPSA) is 67.5 Å². The van der Waals surface area contributed by atoms with E-state index in [4.69, 9.17) is 9.52 Å². The van der Waals surface area contributed by atoms with E-state index in [0.29, 0.717) is 17.1 Å². The number of carbonyl (C=O) groups excluding carboxylic acids is 1. The molecule has 2 rings (SSSR count). The third-order valence-electron chi connectivity index (χ3n) is 2.22. The van der Waals surface area contributed by atoms with E-state index in [1.165, 1.54) is 17.6 Å². The Kier molecular flexibility index (Phi) is 3.39. The van der Waals surface area contributed by atoms with Crippen molar-refractivity contribution < 1.29 is 19.1 Å². The second kappa shape index (κ2) is 4.97. The number of hydrogen-bond donors (Lipinski definition) is 1. The third-order valence-corrected chi connectivity index (χ3v) is 3.36. The van der Waals surface area contributed by atoms with Crippen LogP contribution in [0.15, 0.2) is 34.9 Å². The number of hydrogen-bond acceptors (Lipinski definition) is 4. The normalized spacial score (nSPS) is 10.4. The van der Waals surface area contributed by atoms with Crippen molar-refractivity contribution in [2.45, 2.75) is 12.8 Å². The third kappa shape index (κ3) is 2.82. The Bertz CT molecular complexity index is 524. The van der Waals surface area contributed by atoms with E-state index in [9.17, 15) is 9.59 Å². The van der Waals surface area contributed by atoms with E-state index < -0.39 is 5.97 Å². The molecule has 17 heavy (non-hydrogen) atoms. The smallest absolute Gasteiger partial charge is 0.303 e.